The molecule has 0 saturated carbocycles. The lowest BCUT2D eigenvalue weighted by Crippen LogP contribution is -2.42. The molecular weight excluding hydrogens is 358 g/mol. The lowest BCUT2D eigenvalue weighted by atomic mass is 10.1. The average molecular weight is 381 g/mol. The molecule has 0 spiro atoms. The Labute approximate surface area is 161 Å². The number of ketones is 1. The number of hydrogen-bond acceptors (Lipinski definition) is 5. The molecule has 0 bridgehead atoms. The number of fused-ring (bicyclic) bond motifs is 3. The van der Waals surface area contributed by atoms with Gasteiger partial charge in [-0.2, -0.15) is 4.98 Å². The Morgan fingerprint density at radius 1 is 1.18 bits per heavy atom. The van der Waals surface area contributed by atoms with E-state index in [0.717, 1.165) is 16.7 Å². The lowest BCUT2D eigenvalue weighted by molar-refractivity contribution is -0.117. The van der Waals surface area contributed by atoms with Gasteiger partial charge < -0.3 is 9.47 Å². The zero-order valence-electron chi connectivity index (χ0n) is 16.3. The first kappa shape index (κ1) is 18.2. The Morgan fingerprint density at radius 3 is 2.57 bits per heavy atom. The van der Waals surface area contributed by atoms with Crippen LogP contribution in [0.2, 0.25) is 0 Å². The number of rotatable bonds is 4. The summed E-state index contributed by atoms with van der Waals surface area (Å²) in [5, 5.41) is 0. The number of Topliss-reactive ketones (excluding diaryl/α,β-unsaturated/α-hetero) is 1. The van der Waals surface area contributed by atoms with Crippen molar-refractivity contribution in [2.24, 2.45) is 13.0 Å². The highest BCUT2D eigenvalue weighted by Gasteiger charge is 2.29. The molecule has 146 valence electrons. The summed E-state index contributed by atoms with van der Waals surface area (Å²) >= 11 is 0. The third kappa shape index (κ3) is 2.94. The number of carbonyl (C=O) groups excluding carboxylic acids is 1. The first-order valence-electron chi connectivity index (χ1n) is 9.35. The van der Waals surface area contributed by atoms with Gasteiger partial charge in [0, 0.05) is 26.7 Å². The molecular formula is C20H23N5O3. The van der Waals surface area contributed by atoms with Crippen LogP contribution in [0.15, 0.2) is 39.9 Å². The highest BCUT2D eigenvalue weighted by molar-refractivity contribution is 5.77. The van der Waals surface area contributed by atoms with Gasteiger partial charge in [0.15, 0.2) is 11.2 Å². The standard InChI is InChI=1S/C20H23N5O3/c1-13-9-23(12-15-7-5-4-6-8-15)19-21-17-16(24(19)10-13)18(27)25(11-14(2)26)20(28)22(17)3/h4-8,13H,9-12H2,1-3H3. The molecule has 0 aliphatic carbocycles. The molecule has 0 amide bonds. The van der Waals surface area contributed by atoms with E-state index >= 15 is 0 Å². The van der Waals surface area contributed by atoms with E-state index in [1.807, 2.05) is 22.8 Å². The van der Waals surface area contributed by atoms with Crippen LogP contribution in [0.1, 0.15) is 19.4 Å². The van der Waals surface area contributed by atoms with Crippen LogP contribution in [0.25, 0.3) is 11.2 Å². The van der Waals surface area contributed by atoms with Crippen LogP contribution < -0.4 is 16.1 Å². The number of carbonyl (C=O) groups is 1. The highest BCUT2D eigenvalue weighted by Crippen LogP contribution is 2.28. The predicted octanol–water partition coefficient (Wildman–Crippen LogP) is 1.14. The maximum absolute atomic E-state index is 13.1. The molecule has 3 aromatic rings. The maximum atomic E-state index is 13.1. The van der Waals surface area contributed by atoms with Gasteiger partial charge in [-0.25, -0.2) is 4.79 Å². The molecule has 0 N–H and O–H groups in total. The van der Waals surface area contributed by atoms with E-state index < -0.39 is 11.2 Å². The second-order valence-corrected chi connectivity index (χ2v) is 7.60. The topological polar surface area (TPSA) is 82.1 Å². The van der Waals surface area contributed by atoms with Gasteiger partial charge in [0.25, 0.3) is 5.56 Å². The van der Waals surface area contributed by atoms with Crippen LogP contribution in [-0.2, 0) is 31.5 Å². The first-order valence-corrected chi connectivity index (χ1v) is 9.35. The van der Waals surface area contributed by atoms with Crippen LogP contribution in [0.3, 0.4) is 0 Å². The van der Waals surface area contributed by atoms with Crippen LogP contribution in [-0.4, -0.2) is 31.0 Å². The van der Waals surface area contributed by atoms with Crippen molar-refractivity contribution in [1.82, 2.24) is 18.7 Å². The summed E-state index contributed by atoms with van der Waals surface area (Å²) in [6, 6.07) is 10.1. The third-order valence-corrected chi connectivity index (χ3v) is 5.12. The third-order valence-electron chi connectivity index (χ3n) is 5.12. The van der Waals surface area contributed by atoms with Crippen molar-refractivity contribution in [2.45, 2.75) is 33.5 Å². The summed E-state index contributed by atoms with van der Waals surface area (Å²) in [5.74, 6) is 0.757. The summed E-state index contributed by atoms with van der Waals surface area (Å²) in [4.78, 5) is 44.0. The van der Waals surface area contributed by atoms with Crippen molar-refractivity contribution in [3.05, 3.63) is 56.7 Å². The molecule has 1 aliphatic rings. The Hall–Kier alpha value is -3.16. The molecule has 0 saturated heterocycles. The number of aromatic nitrogens is 4. The molecule has 4 rings (SSSR count). The minimum Gasteiger partial charge on any atom is -0.338 e. The zero-order valence-corrected chi connectivity index (χ0v) is 16.3. The molecule has 2 aromatic heterocycles. The van der Waals surface area contributed by atoms with Crippen LogP contribution >= 0.6 is 0 Å². The van der Waals surface area contributed by atoms with E-state index in [4.69, 9.17) is 0 Å². The van der Waals surface area contributed by atoms with Crippen molar-refractivity contribution in [3.63, 3.8) is 0 Å². The van der Waals surface area contributed by atoms with E-state index in [-0.39, 0.29) is 12.3 Å². The van der Waals surface area contributed by atoms with Gasteiger partial charge in [0.05, 0.1) is 6.54 Å². The van der Waals surface area contributed by atoms with Crippen LogP contribution in [0.4, 0.5) is 5.95 Å². The summed E-state index contributed by atoms with van der Waals surface area (Å²) in [6.45, 7) is 5.39. The Morgan fingerprint density at radius 2 is 1.89 bits per heavy atom. The molecule has 1 unspecified atom stereocenters. The fourth-order valence-corrected chi connectivity index (χ4v) is 3.90. The Bertz CT molecular complexity index is 1170. The Kier molecular flexibility index (Phi) is 4.41. The van der Waals surface area contributed by atoms with Gasteiger partial charge in [0.1, 0.15) is 5.78 Å². The van der Waals surface area contributed by atoms with Gasteiger partial charge >= 0.3 is 5.69 Å². The molecule has 28 heavy (non-hydrogen) atoms. The molecule has 1 aromatic carbocycles. The minimum absolute atomic E-state index is 0.231. The van der Waals surface area contributed by atoms with E-state index in [1.54, 1.807) is 7.05 Å². The number of nitrogens with zero attached hydrogens (tertiary/aromatic N) is 5. The summed E-state index contributed by atoms with van der Waals surface area (Å²) < 4.78 is 4.25. The average Bonchev–Trinajstić information content (AvgIpc) is 3.04. The molecule has 0 fully saturated rings. The molecule has 1 atom stereocenters. The fourth-order valence-electron chi connectivity index (χ4n) is 3.90. The van der Waals surface area contributed by atoms with E-state index in [9.17, 15) is 14.4 Å². The van der Waals surface area contributed by atoms with Crippen molar-refractivity contribution < 1.29 is 4.79 Å². The molecule has 1 aliphatic heterocycles. The highest BCUT2D eigenvalue weighted by atomic mass is 16.2. The molecule has 3 heterocycles. The maximum Gasteiger partial charge on any atom is 0.332 e. The van der Waals surface area contributed by atoms with E-state index in [0.29, 0.717) is 36.1 Å². The minimum atomic E-state index is -0.522. The van der Waals surface area contributed by atoms with Gasteiger partial charge in [-0.05, 0) is 18.4 Å². The smallest absolute Gasteiger partial charge is 0.332 e. The Balaban J connectivity index is 1.92. The van der Waals surface area contributed by atoms with Crippen molar-refractivity contribution in [3.8, 4) is 0 Å². The number of imidazole rings is 1. The van der Waals surface area contributed by atoms with Crippen molar-refractivity contribution >= 4 is 22.9 Å². The molecule has 0 radical (unpaired) electrons. The van der Waals surface area contributed by atoms with Crippen molar-refractivity contribution in [1.29, 1.82) is 0 Å². The van der Waals surface area contributed by atoms with Gasteiger partial charge in [-0.1, -0.05) is 37.3 Å². The van der Waals surface area contributed by atoms with Crippen molar-refractivity contribution in [2.75, 3.05) is 11.4 Å². The number of hydrogen-bond donors (Lipinski definition) is 0. The number of benzene rings is 1. The number of aryl methyl sites for hydroxylation is 1. The lowest BCUT2D eigenvalue weighted by Gasteiger charge is -2.33. The monoisotopic (exact) mass is 381 g/mol. The zero-order chi connectivity index (χ0) is 20.0. The predicted molar refractivity (Wildman–Crippen MR) is 107 cm³/mol. The van der Waals surface area contributed by atoms with Crippen LogP contribution in [0, 0.1) is 5.92 Å². The first-order chi connectivity index (χ1) is 13.4. The van der Waals surface area contributed by atoms with Gasteiger partial charge in [-0.3, -0.25) is 18.7 Å². The summed E-state index contributed by atoms with van der Waals surface area (Å²) in [5.41, 5.74) is 0.907. The number of anilines is 1. The largest absolute Gasteiger partial charge is 0.338 e. The fraction of sp³-hybridized carbons (Fsp3) is 0.400. The van der Waals surface area contributed by atoms with Gasteiger partial charge in [-0.15, -0.1) is 0 Å². The van der Waals surface area contributed by atoms with Gasteiger partial charge in [0.2, 0.25) is 5.95 Å². The summed E-state index contributed by atoms with van der Waals surface area (Å²) in [6.07, 6.45) is 0. The second kappa shape index (κ2) is 6.78. The molecule has 8 nitrogen and oxygen atoms in total. The SMILES string of the molecule is CC(=O)Cn1c(=O)c2c(nc3n2CC(C)CN3Cc2ccccc2)n(C)c1=O. The van der Waals surface area contributed by atoms with Crippen LogP contribution in [0.5, 0.6) is 0 Å². The normalized spacial score (nSPS) is 16.4. The summed E-state index contributed by atoms with van der Waals surface area (Å²) in [7, 11) is 1.59. The molecule has 8 heteroatoms. The van der Waals surface area contributed by atoms with E-state index in [1.165, 1.54) is 11.5 Å². The second-order valence-electron chi connectivity index (χ2n) is 7.60. The van der Waals surface area contributed by atoms with E-state index in [2.05, 4.69) is 28.9 Å². The quantitative estimate of drug-likeness (QED) is 0.677.